The maximum Gasteiger partial charge on any atom is 0.222 e. The number of aromatic nitrogens is 2. The van der Waals surface area contributed by atoms with E-state index in [1.54, 1.807) is 23.5 Å². The third kappa shape index (κ3) is 6.46. The Labute approximate surface area is 145 Å². The minimum atomic E-state index is 0. The van der Waals surface area contributed by atoms with E-state index in [4.69, 9.17) is 0 Å². The summed E-state index contributed by atoms with van der Waals surface area (Å²) in [5.74, 6) is 1.24. The number of halogens is 2. The summed E-state index contributed by atoms with van der Waals surface area (Å²) in [5, 5.41) is 3.41. The van der Waals surface area contributed by atoms with E-state index in [0.29, 0.717) is 24.8 Å². The van der Waals surface area contributed by atoms with E-state index in [1.165, 1.54) is 12.8 Å². The Morgan fingerprint density at radius 3 is 2.82 bits per heavy atom. The van der Waals surface area contributed by atoms with Crippen molar-refractivity contribution in [1.82, 2.24) is 20.2 Å². The first-order valence-electron chi connectivity index (χ1n) is 7.36. The summed E-state index contributed by atoms with van der Waals surface area (Å²) in [4.78, 5) is 22.2. The van der Waals surface area contributed by atoms with Crippen LogP contribution in [0.1, 0.15) is 31.9 Å². The fraction of sp³-hybridized carbons (Fsp3) is 0.667. The largest absolute Gasteiger partial charge is 0.340 e. The van der Waals surface area contributed by atoms with Gasteiger partial charge in [0.1, 0.15) is 0 Å². The van der Waals surface area contributed by atoms with Crippen molar-refractivity contribution < 1.29 is 4.79 Å². The summed E-state index contributed by atoms with van der Waals surface area (Å²) in [6, 6.07) is 0. The van der Waals surface area contributed by atoms with Gasteiger partial charge in [0.25, 0.3) is 0 Å². The molecule has 0 bridgehead atoms. The monoisotopic (exact) mass is 348 g/mol. The summed E-state index contributed by atoms with van der Waals surface area (Å²) in [5.41, 5.74) is 0.829. The second kappa shape index (κ2) is 10.8. The molecule has 2 heterocycles. The lowest BCUT2D eigenvalue weighted by Gasteiger charge is -2.29. The first kappa shape index (κ1) is 21.1. The van der Waals surface area contributed by atoms with Crippen LogP contribution in [-0.2, 0) is 11.3 Å². The predicted octanol–water partition coefficient (Wildman–Crippen LogP) is 2.30. The van der Waals surface area contributed by atoms with Crippen LogP contribution in [0.3, 0.4) is 0 Å². The third-order valence-electron chi connectivity index (χ3n) is 4.08. The molecule has 0 aliphatic carbocycles. The fourth-order valence-corrected chi connectivity index (χ4v) is 2.71. The van der Waals surface area contributed by atoms with Gasteiger partial charge in [0.05, 0.1) is 18.4 Å². The van der Waals surface area contributed by atoms with E-state index in [9.17, 15) is 4.79 Å². The molecule has 0 aromatic carbocycles. The molecule has 5 nitrogen and oxygen atoms in total. The summed E-state index contributed by atoms with van der Waals surface area (Å²) in [7, 11) is 1.84. The van der Waals surface area contributed by atoms with Gasteiger partial charge in [0, 0.05) is 25.9 Å². The highest BCUT2D eigenvalue weighted by Crippen LogP contribution is 2.23. The molecule has 126 valence electrons. The summed E-state index contributed by atoms with van der Waals surface area (Å²) < 4.78 is 0. The number of carbonyl (C=O) groups excluding carboxylic acids is 1. The number of rotatable bonds is 5. The lowest BCUT2D eigenvalue weighted by atomic mass is 9.85. The first-order valence-corrected chi connectivity index (χ1v) is 7.36. The Morgan fingerprint density at radius 2 is 2.23 bits per heavy atom. The van der Waals surface area contributed by atoms with Gasteiger partial charge in [0.15, 0.2) is 0 Å². The number of carbonyl (C=O) groups is 1. The van der Waals surface area contributed by atoms with Crippen molar-refractivity contribution in [3.05, 3.63) is 24.3 Å². The standard InChI is InChI=1S/C15H24N4O.2ClH/c1-12(13-4-3-5-16-9-13)8-15(20)19(2)11-14-10-17-6-7-18-14;;/h6-7,10,12-13,16H,3-5,8-9,11H2,1-2H3;2*1H. The van der Waals surface area contributed by atoms with E-state index < -0.39 is 0 Å². The Bertz CT molecular complexity index is 427. The highest BCUT2D eigenvalue weighted by Gasteiger charge is 2.23. The minimum absolute atomic E-state index is 0. The van der Waals surface area contributed by atoms with Gasteiger partial charge in [-0.2, -0.15) is 0 Å². The molecule has 1 aromatic heterocycles. The molecule has 2 unspecified atom stereocenters. The second-order valence-corrected chi connectivity index (χ2v) is 5.73. The minimum Gasteiger partial charge on any atom is -0.340 e. The molecule has 2 atom stereocenters. The normalized spacial score (nSPS) is 18.5. The Hall–Kier alpha value is -0.910. The molecular weight excluding hydrogens is 323 g/mol. The average Bonchev–Trinajstić information content (AvgIpc) is 2.49. The zero-order valence-corrected chi connectivity index (χ0v) is 14.8. The van der Waals surface area contributed by atoms with Crippen LogP contribution < -0.4 is 5.32 Å². The Morgan fingerprint density at radius 1 is 1.45 bits per heavy atom. The molecule has 1 aliphatic rings. The van der Waals surface area contributed by atoms with Crippen LogP contribution in [0.4, 0.5) is 0 Å². The fourth-order valence-electron chi connectivity index (χ4n) is 2.71. The van der Waals surface area contributed by atoms with E-state index in [0.717, 1.165) is 18.8 Å². The maximum absolute atomic E-state index is 12.3. The van der Waals surface area contributed by atoms with Gasteiger partial charge in [-0.3, -0.25) is 14.8 Å². The molecule has 1 fully saturated rings. The smallest absolute Gasteiger partial charge is 0.222 e. The number of hydrogen-bond donors (Lipinski definition) is 1. The molecule has 7 heteroatoms. The molecule has 0 saturated carbocycles. The van der Waals surface area contributed by atoms with E-state index >= 15 is 0 Å². The van der Waals surface area contributed by atoms with Crippen molar-refractivity contribution in [3.63, 3.8) is 0 Å². The highest BCUT2D eigenvalue weighted by molar-refractivity contribution is 5.85. The molecule has 1 aromatic rings. The maximum atomic E-state index is 12.3. The molecule has 1 N–H and O–H groups in total. The zero-order valence-electron chi connectivity index (χ0n) is 13.2. The quantitative estimate of drug-likeness (QED) is 0.886. The molecule has 22 heavy (non-hydrogen) atoms. The summed E-state index contributed by atoms with van der Waals surface area (Å²) in [6.07, 6.45) is 8.07. The number of hydrogen-bond acceptors (Lipinski definition) is 4. The van der Waals surface area contributed by atoms with Crippen LogP contribution in [0.2, 0.25) is 0 Å². The van der Waals surface area contributed by atoms with Crippen LogP contribution in [0.5, 0.6) is 0 Å². The SMILES string of the molecule is CC(CC(=O)N(C)Cc1cnccn1)C1CCCNC1.Cl.Cl. The van der Waals surface area contributed by atoms with Crippen LogP contribution in [0.25, 0.3) is 0 Å². The topological polar surface area (TPSA) is 58.1 Å². The van der Waals surface area contributed by atoms with Gasteiger partial charge in [-0.1, -0.05) is 6.92 Å². The Kier molecular flexibility index (Phi) is 10.3. The van der Waals surface area contributed by atoms with E-state index in [-0.39, 0.29) is 30.7 Å². The zero-order chi connectivity index (χ0) is 14.4. The molecule has 2 rings (SSSR count). The van der Waals surface area contributed by atoms with Crippen molar-refractivity contribution in [3.8, 4) is 0 Å². The highest BCUT2D eigenvalue weighted by atomic mass is 35.5. The van der Waals surface area contributed by atoms with Crippen molar-refractivity contribution in [2.24, 2.45) is 11.8 Å². The van der Waals surface area contributed by atoms with Crippen molar-refractivity contribution in [2.45, 2.75) is 32.7 Å². The molecule has 0 spiro atoms. The lowest BCUT2D eigenvalue weighted by molar-refractivity contribution is -0.131. The van der Waals surface area contributed by atoms with Crippen molar-refractivity contribution >= 4 is 30.7 Å². The summed E-state index contributed by atoms with van der Waals surface area (Å²) in [6.45, 7) is 4.88. The molecule has 0 radical (unpaired) electrons. The average molecular weight is 349 g/mol. The molecule has 1 saturated heterocycles. The van der Waals surface area contributed by atoms with Gasteiger partial charge in [-0.15, -0.1) is 24.8 Å². The van der Waals surface area contributed by atoms with Crippen LogP contribution >= 0.6 is 24.8 Å². The third-order valence-corrected chi connectivity index (χ3v) is 4.08. The second-order valence-electron chi connectivity index (χ2n) is 5.73. The van der Waals surface area contributed by atoms with Gasteiger partial charge in [-0.05, 0) is 37.8 Å². The van der Waals surface area contributed by atoms with E-state index in [1.807, 2.05) is 7.05 Å². The van der Waals surface area contributed by atoms with Crippen LogP contribution in [-0.4, -0.2) is 40.9 Å². The molecular formula is C15H26Cl2N4O. The number of amides is 1. The number of nitrogens with zero attached hydrogens (tertiary/aromatic N) is 3. The van der Waals surface area contributed by atoms with E-state index in [2.05, 4.69) is 22.2 Å². The van der Waals surface area contributed by atoms with Gasteiger partial charge >= 0.3 is 0 Å². The van der Waals surface area contributed by atoms with Crippen molar-refractivity contribution in [1.29, 1.82) is 0 Å². The lowest BCUT2D eigenvalue weighted by Crippen LogP contribution is -2.36. The first-order chi connectivity index (χ1) is 9.66. The molecule has 1 amide bonds. The summed E-state index contributed by atoms with van der Waals surface area (Å²) >= 11 is 0. The molecule has 1 aliphatic heterocycles. The predicted molar refractivity (Wildman–Crippen MR) is 92.4 cm³/mol. The van der Waals surface area contributed by atoms with Gasteiger partial charge in [-0.25, -0.2) is 0 Å². The number of nitrogens with one attached hydrogen (secondary N) is 1. The van der Waals surface area contributed by atoms with Gasteiger partial charge < -0.3 is 10.2 Å². The van der Waals surface area contributed by atoms with Gasteiger partial charge in [0.2, 0.25) is 5.91 Å². The van der Waals surface area contributed by atoms with Crippen LogP contribution in [0.15, 0.2) is 18.6 Å². The Balaban J connectivity index is 0.00000220. The number of piperidine rings is 1. The van der Waals surface area contributed by atoms with Crippen molar-refractivity contribution in [2.75, 3.05) is 20.1 Å². The van der Waals surface area contributed by atoms with Crippen LogP contribution in [0, 0.1) is 11.8 Å².